The molecule has 0 spiro atoms. The maximum absolute atomic E-state index is 12.6. The molecule has 0 aromatic heterocycles. The second-order valence-corrected chi connectivity index (χ2v) is 8.16. The van der Waals surface area contributed by atoms with Gasteiger partial charge in [-0.05, 0) is 55.9 Å². The van der Waals surface area contributed by atoms with Gasteiger partial charge in [0.05, 0.1) is 29.2 Å². The molecule has 2 fully saturated rings. The largest absolute Gasteiger partial charge is 0.480 e. The molecule has 2 amide bonds. The van der Waals surface area contributed by atoms with E-state index in [4.69, 9.17) is 21.1 Å². The molecule has 8 heteroatoms. The monoisotopic (exact) mass is 416 g/mol. The van der Waals surface area contributed by atoms with Crippen LogP contribution in [0.3, 0.4) is 0 Å². The average molecular weight is 417 g/mol. The van der Waals surface area contributed by atoms with Crippen molar-refractivity contribution < 1.29 is 23.9 Å². The smallest absolute Gasteiger partial charge is 0.344 e. The van der Waals surface area contributed by atoms with Crippen LogP contribution in [0.2, 0.25) is 5.02 Å². The Morgan fingerprint density at radius 1 is 1.24 bits per heavy atom. The van der Waals surface area contributed by atoms with E-state index in [1.165, 1.54) is 6.21 Å². The topological polar surface area (TPSA) is 85.3 Å². The number of ether oxygens (including phenoxy) is 2. The second-order valence-electron chi connectivity index (χ2n) is 7.75. The van der Waals surface area contributed by atoms with Crippen LogP contribution in [0.1, 0.15) is 25.8 Å². The summed E-state index contributed by atoms with van der Waals surface area (Å²) >= 11 is 6.20. The molecule has 1 aromatic carbocycles. The predicted molar refractivity (Wildman–Crippen MR) is 105 cm³/mol. The van der Waals surface area contributed by atoms with Crippen molar-refractivity contribution in [2.75, 3.05) is 6.61 Å². The van der Waals surface area contributed by atoms with Crippen LogP contribution in [0.5, 0.6) is 5.75 Å². The van der Waals surface area contributed by atoms with Crippen LogP contribution in [0, 0.1) is 23.7 Å². The van der Waals surface area contributed by atoms with E-state index in [0.717, 1.165) is 11.4 Å². The van der Waals surface area contributed by atoms with Crippen molar-refractivity contribution in [2.45, 2.75) is 26.4 Å². The van der Waals surface area contributed by atoms with Crippen molar-refractivity contribution in [1.82, 2.24) is 5.01 Å². The number of esters is 1. The van der Waals surface area contributed by atoms with E-state index in [-0.39, 0.29) is 53.2 Å². The van der Waals surface area contributed by atoms with Crippen LogP contribution in [-0.4, -0.2) is 41.7 Å². The Balaban J connectivity index is 1.40. The van der Waals surface area contributed by atoms with Crippen molar-refractivity contribution in [3.8, 4) is 5.75 Å². The van der Waals surface area contributed by atoms with E-state index >= 15 is 0 Å². The highest BCUT2D eigenvalue weighted by molar-refractivity contribution is 6.32. The highest BCUT2D eigenvalue weighted by Gasteiger charge is 2.59. The molecule has 1 saturated carbocycles. The molecule has 2 aliphatic carbocycles. The van der Waals surface area contributed by atoms with E-state index in [1.54, 1.807) is 32.0 Å². The van der Waals surface area contributed by atoms with Gasteiger partial charge < -0.3 is 9.47 Å². The molecule has 3 aliphatic rings. The molecule has 1 saturated heterocycles. The number of nitrogens with zero attached hydrogens (tertiary/aromatic N) is 2. The lowest BCUT2D eigenvalue weighted by atomic mass is 9.85. The fourth-order valence-corrected chi connectivity index (χ4v) is 4.52. The number of amides is 2. The van der Waals surface area contributed by atoms with Crippen molar-refractivity contribution in [3.63, 3.8) is 0 Å². The number of fused-ring (bicyclic) bond motifs is 5. The number of halogens is 1. The van der Waals surface area contributed by atoms with E-state index in [1.807, 2.05) is 12.2 Å². The van der Waals surface area contributed by atoms with Gasteiger partial charge in [-0.2, -0.15) is 10.1 Å². The number of hydrazone groups is 1. The number of imide groups is 1. The van der Waals surface area contributed by atoms with Gasteiger partial charge in [-0.1, -0.05) is 23.8 Å². The molecule has 4 atom stereocenters. The summed E-state index contributed by atoms with van der Waals surface area (Å²) in [7, 11) is 0. The molecule has 0 unspecified atom stereocenters. The molecule has 4 rings (SSSR count). The lowest BCUT2D eigenvalue weighted by molar-refractivity contribution is -0.149. The van der Waals surface area contributed by atoms with Crippen molar-refractivity contribution >= 4 is 35.6 Å². The van der Waals surface area contributed by atoms with E-state index in [9.17, 15) is 14.4 Å². The lowest BCUT2D eigenvalue weighted by Crippen LogP contribution is -2.28. The van der Waals surface area contributed by atoms with Crippen molar-refractivity contribution in [2.24, 2.45) is 28.8 Å². The van der Waals surface area contributed by atoms with Crippen LogP contribution in [0.4, 0.5) is 0 Å². The van der Waals surface area contributed by atoms with Gasteiger partial charge in [0.2, 0.25) is 0 Å². The zero-order valence-electron chi connectivity index (χ0n) is 16.1. The molecular weight excluding hydrogens is 396 g/mol. The van der Waals surface area contributed by atoms with Crippen molar-refractivity contribution in [1.29, 1.82) is 0 Å². The molecule has 29 heavy (non-hydrogen) atoms. The highest BCUT2D eigenvalue weighted by Crippen LogP contribution is 2.52. The third-order valence-electron chi connectivity index (χ3n) is 5.44. The SMILES string of the molecule is CC(C)OC(=O)COc1ccc(C=NN2C(=O)[C@@H]3[C@H](C2=O)[C@H]2C=C[C@H]3C2)cc1Cl. The lowest BCUT2D eigenvalue weighted by Gasteiger charge is -2.13. The quantitative estimate of drug-likeness (QED) is 0.308. The maximum atomic E-state index is 12.6. The summed E-state index contributed by atoms with van der Waals surface area (Å²) in [5, 5.41) is 5.39. The third-order valence-corrected chi connectivity index (χ3v) is 5.73. The Kier molecular flexibility index (Phi) is 5.17. The molecule has 1 aliphatic heterocycles. The second kappa shape index (κ2) is 7.63. The third kappa shape index (κ3) is 3.67. The van der Waals surface area contributed by atoms with Crippen LogP contribution in [0.25, 0.3) is 0 Å². The van der Waals surface area contributed by atoms with Gasteiger partial charge in [0.15, 0.2) is 6.61 Å². The van der Waals surface area contributed by atoms with Gasteiger partial charge in [-0.15, -0.1) is 0 Å². The Bertz CT molecular complexity index is 896. The fraction of sp³-hybridized carbons (Fsp3) is 0.429. The zero-order valence-corrected chi connectivity index (χ0v) is 16.8. The zero-order chi connectivity index (χ0) is 20.7. The minimum Gasteiger partial charge on any atom is -0.480 e. The number of carbonyl (C=O) groups is 3. The van der Waals surface area contributed by atoms with Crippen molar-refractivity contribution in [3.05, 3.63) is 40.9 Å². The molecule has 7 nitrogen and oxygen atoms in total. The molecule has 0 radical (unpaired) electrons. The molecule has 152 valence electrons. The van der Waals surface area contributed by atoms with E-state index in [2.05, 4.69) is 5.10 Å². The summed E-state index contributed by atoms with van der Waals surface area (Å²) in [5.74, 6) is -0.883. The van der Waals surface area contributed by atoms with Gasteiger partial charge in [0, 0.05) is 0 Å². The number of carbonyl (C=O) groups excluding carboxylic acids is 3. The Labute approximate surface area is 173 Å². The van der Waals surface area contributed by atoms with Gasteiger partial charge in [-0.25, -0.2) is 4.79 Å². The number of benzene rings is 1. The summed E-state index contributed by atoms with van der Waals surface area (Å²) in [5.41, 5.74) is 0.603. The Hall–Kier alpha value is -2.67. The van der Waals surface area contributed by atoms with Gasteiger partial charge >= 0.3 is 5.97 Å². The maximum Gasteiger partial charge on any atom is 0.344 e. The number of hydrogen-bond donors (Lipinski definition) is 0. The first kappa shape index (κ1) is 19.6. The molecule has 1 aromatic rings. The first-order valence-electron chi connectivity index (χ1n) is 9.57. The van der Waals surface area contributed by atoms with Gasteiger partial charge in [0.25, 0.3) is 11.8 Å². The summed E-state index contributed by atoms with van der Waals surface area (Å²) in [6.45, 7) is 3.26. The van der Waals surface area contributed by atoms with Gasteiger partial charge in [-0.3, -0.25) is 9.59 Å². The first-order chi connectivity index (χ1) is 13.8. The Morgan fingerprint density at radius 3 is 2.48 bits per heavy atom. The number of rotatable bonds is 6. The number of hydrogen-bond acceptors (Lipinski definition) is 6. The van der Waals surface area contributed by atoms with Crippen LogP contribution >= 0.6 is 11.6 Å². The Morgan fingerprint density at radius 2 is 1.90 bits per heavy atom. The normalized spacial score (nSPS) is 27.4. The van der Waals surface area contributed by atoms with E-state index in [0.29, 0.717) is 11.3 Å². The molecular formula is C21H21ClN2O5. The van der Waals surface area contributed by atoms with Crippen LogP contribution in [-0.2, 0) is 19.1 Å². The standard InChI is InChI=1S/C21H21ClN2O5/c1-11(2)29-17(25)10-28-16-6-3-12(7-15(16)22)9-23-24-20(26)18-13-4-5-14(8-13)19(18)21(24)27/h3-7,9,11,13-14,18-19H,8,10H2,1-2H3/t13-,14-,18-,19+/m0/s1. The first-order valence-corrected chi connectivity index (χ1v) is 9.95. The highest BCUT2D eigenvalue weighted by atomic mass is 35.5. The predicted octanol–water partition coefficient (Wildman–Crippen LogP) is 2.81. The average Bonchev–Trinajstić information content (AvgIpc) is 3.33. The fourth-order valence-electron chi connectivity index (χ4n) is 4.27. The summed E-state index contributed by atoms with van der Waals surface area (Å²) in [4.78, 5) is 36.8. The molecule has 0 N–H and O–H groups in total. The van der Waals surface area contributed by atoms with E-state index < -0.39 is 5.97 Å². The summed E-state index contributed by atoms with van der Waals surface area (Å²) in [6.07, 6.45) is 6.17. The van der Waals surface area contributed by atoms with Crippen LogP contribution < -0.4 is 4.74 Å². The minimum atomic E-state index is -0.484. The van der Waals surface area contributed by atoms with Crippen LogP contribution in [0.15, 0.2) is 35.5 Å². The molecule has 2 bridgehead atoms. The minimum absolute atomic E-state index is 0.148. The van der Waals surface area contributed by atoms with Gasteiger partial charge in [0.1, 0.15) is 5.75 Å². The number of allylic oxidation sites excluding steroid dienone is 2. The summed E-state index contributed by atoms with van der Waals surface area (Å²) in [6, 6.07) is 4.86. The molecule has 1 heterocycles. The summed E-state index contributed by atoms with van der Waals surface area (Å²) < 4.78 is 10.4.